The zero-order valence-electron chi connectivity index (χ0n) is 8.77. The Morgan fingerprint density at radius 3 is 2.67 bits per heavy atom. The van der Waals surface area contributed by atoms with Crippen molar-refractivity contribution in [1.29, 1.82) is 0 Å². The van der Waals surface area contributed by atoms with Crippen LogP contribution in [0.3, 0.4) is 0 Å². The van der Waals surface area contributed by atoms with Crippen molar-refractivity contribution in [3.8, 4) is 0 Å². The Morgan fingerprint density at radius 1 is 1.50 bits per heavy atom. The normalized spacial score (nSPS) is 30.2. The van der Waals surface area contributed by atoms with Crippen LogP contribution >= 0.6 is 0 Å². The van der Waals surface area contributed by atoms with E-state index in [0.717, 1.165) is 17.8 Å². The van der Waals surface area contributed by atoms with Crippen LogP contribution in [0.1, 0.15) is 40.0 Å². The molecule has 0 spiro atoms. The predicted octanol–water partition coefficient (Wildman–Crippen LogP) is 2.67. The highest BCUT2D eigenvalue weighted by Crippen LogP contribution is 2.36. The van der Waals surface area contributed by atoms with Crippen LogP contribution in [0.4, 0.5) is 0 Å². The van der Waals surface area contributed by atoms with Gasteiger partial charge in [-0.25, -0.2) is 0 Å². The van der Waals surface area contributed by atoms with E-state index in [-0.39, 0.29) is 0 Å². The first-order valence-electron chi connectivity index (χ1n) is 5.44. The van der Waals surface area contributed by atoms with Crippen LogP contribution in [0.2, 0.25) is 0 Å². The second-order valence-corrected chi connectivity index (χ2v) is 4.53. The average Bonchev–Trinajstić information content (AvgIpc) is 2.67. The van der Waals surface area contributed by atoms with Gasteiger partial charge >= 0.3 is 0 Å². The van der Waals surface area contributed by atoms with Crippen LogP contribution in [-0.4, -0.2) is 13.1 Å². The highest BCUT2D eigenvalue weighted by atomic mass is 14.9. The van der Waals surface area contributed by atoms with Gasteiger partial charge in [0, 0.05) is 0 Å². The summed E-state index contributed by atoms with van der Waals surface area (Å²) in [6.07, 6.45) is 4.14. The topological polar surface area (TPSA) is 12.0 Å². The summed E-state index contributed by atoms with van der Waals surface area (Å²) in [4.78, 5) is 0. The predicted molar refractivity (Wildman–Crippen MR) is 54.2 cm³/mol. The molecule has 12 heavy (non-hydrogen) atoms. The van der Waals surface area contributed by atoms with Gasteiger partial charge in [-0.1, -0.05) is 27.2 Å². The van der Waals surface area contributed by atoms with Crippen LogP contribution in [0, 0.1) is 17.8 Å². The molecule has 3 unspecified atom stereocenters. The molecule has 0 bridgehead atoms. The minimum Gasteiger partial charge on any atom is -0.316 e. The van der Waals surface area contributed by atoms with Crippen molar-refractivity contribution in [2.24, 2.45) is 17.8 Å². The Bertz CT molecular complexity index is 122. The molecule has 0 aromatic carbocycles. The smallest absolute Gasteiger partial charge is 0.00178 e. The van der Waals surface area contributed by atoms with Crippen molar-refractivity contribution in [2.45, 2.75) is 40.0 Å². The summed E-state index contributed by atoms with van der Waals surface area (Å²) in [7, 11) is 0. The quantitative estimate of drug-likeness (QED) is 0.644. The molecule has 0 aliphatic heterocycles. The Hall–Kier alpha value is -0.0400. The Labute approximate surface area is 76.9 Å². The van der Waals surface area contributed by atoms with E-state index in [1.54, 1.807) is 0 Å². The van der Waals surface area contributed by atoms with Gasteiger partial charge in [-0.2, -0.15) is 0 Å². The summed E-state index contributed by atoms with van der Waals surface area (Å²) in [6, 6.07) is 0. The van der Waals surface area contributed by atoms with E-state index >= 15 is 0 Å². The third kappa shape index (κ3) is 3.57. The van der Waals surface area contributed by atoms with Crippen LogP contribution in [0.25, 0.3) is 0 Å². The largest absolute Gasteiger partial charge is 0.316 e. The van der Waals surface area contributed by atoms with Crippen molar-refractivity contribution in [1.82, 2.24) is 5.32 Å². The number of nitrogens with one attached hydrogen (secondary N) is 1. The zero-order valence-corrected chi connectivity index (χ0v) is 8.77. The van der Waals surface area contributed by atoms with E-state index in [2.05, 4.69) is 26.1 Å². The first-order chi connectivity index (χ1) is 5.74. The molecule has 1 aliphatic carbocycles. The molecule has 1 rings (SSSR count). The number of hydrogen-bond donors (Lipinski definition) is 1. The molecule has 0 aromatic rings. The lowest BCUT2D eigenvalue weighted by atomic mass is 10.1. The molecule has 1 heteroatoms. The fraction of sp³-hybridized carbons (Fsp3) is 1.00. The molecular weight excluding hydrogens is 146 g/mol. The van der Waals surface area contributed by atoms with Gasteiger partial charge in [-0.3, -0.25) is 0 Å². The maximum absolute atomic E-state index is 3.56. The van der Waals surface area contributed by atoms with Crippen LogP contribution in [0.15, 0.2) is 0 Å². The van der Waals surface area contributed by atoms with Crippen LogP contribution in [0.5, 0.6) is 0 Å². The molecule has 72 valence electrons. The molecule has 3 atom stereocenters. The number of rotatable bonds is 6. The van der Waals surface area contributed by atoms with Gasteiger partial charge in [0.2, 0.25) is 0 Å². The minimum atomic E-state index is 0.865. The third-order valence-corrected chi connectivity index (χ3v) is 2.96. The van der Waals surface area contributed by atoms with Crippen molar-refractivity contribution in [3.05, 3.63) is 0 Å². The lowest BCUT2D eigenvalue weighted by Gasteiger charge is -2.10. The van der Waals surface area contributed by atoms with Crippen molar-refractivity contribution < 1.29 is 0 Å². The molecule has 0 amide bonds. The summed E-state index contributed by atoms with van der Waals surface area (Å²) in [5.74, 6) is 2.86. The van der Waals surface area contributed by atoms with E-state index in [9.17, 15) is 0 Å². The molecule has 1 aliphatic rings. The molecule has 0 radical (unpaired) electrons. The van der Waals surface area contributed by atoms with Crippen LogP contribution < -0.4 is 5.32 Å². The van der Waals surface area contributed by atoms with Crippen molar-refractivity contribution in [2.75, 3.05) is 13.1 Å². The molecule has 1 N–H and O–H groups in total. The van der Waals surface area contributed by atoms with Gasteiger partial charge in [0.25, 0.3) is 0 Å². The van der Waals surface area contributed by atoms with E-state index in [4.69, 9.17) is 0 Å². The fourth-order valence-corrected chi connectivity index (χ4v) is 1.79. The fourth-order valence-electron chi connectivity index (χ4n) is 1.79. The summed E-state index contributed by atoms with van der Waals surface area (Å²) >= 11 is 0. The monoisotopic (exact) mass is 169 g/mol. The van der Waals surface area contributed by atoms with Gasteiger partial charge in [0.15, 0.2) is 0 Å². The van der Waals surface area contributed by atoms with E-state index in [1.807, 2.05) is 0 Å². The van der Waals surface area contributed by atoms with Crippen LogP contribution in [-0.2, 0) is 0 Å². The maximum atomic E-state index is 3.56. The Morgan fingerprint density at radius 2 is 2.17 bits per heavy atom. The van der Waals surface area contributed by atoms with Gasteiger partial charge in [0.05, 0.1) is 0 Å². The minimum absolute atomic E-state index is 0.865. The summed E-state index contributed by atoms with van der Waals surface area (Å²) in [6.45, 7) is 9.43. The third-order valence-electron chi connectivity index (χ3n) is 2.96. The maximum Gasteiger partial charge on any atom is -0.00178 e. The van der Waals surface area contributed by atoms with Gasteiger partial charge in [0.1, 0.15) is 0 Å². The van der Waals surface area contributed by atoms with Gasteiger partial charge in [-0.15, -0.1) is 0 Å². The van der Waals surface area contributed by atoms with E-state index in [1.165, 1.54) is 32.4 Å². The highest BCUT2D eigenvalue weighted by molar-refractivity contribution is 4.83. The lowest BCUT2D eigenvalue weighted by Crippen LogP contribution is -2.23. The second kappa shape index (κ2) is 4.86. The standard InChI is InChI=1S/C11H23N/c1-4-5-9(2)7-12-8-11-6-10(11)3/h9-12H,4-8H2,1-3H3. The molecule has 0 saturated heterocycles. The first kappa shape index (κ1) is 10.0. The van der Waals surface area contributed by atoms with Crippen molar-refractivity contribution in [3.63, 3.8) is 0 Å². The Balaban J connectivity index is 1.88. The molecule has 0 aromatic heterocycles. The van der Waals surface area contributed by atoms with E-state index in [0.29, 0.717) is 0 Å². The highest BCUT2D eigenvalue weighted by Gasteiger charge is 2.31. The average molecular weight is 169 g/mol. The summed E-state index contributed by atoms with van der Waals surface area (Å²) in [5, 5.41) is 3.56. The SMILES string of the molecule is CCCC(C)CNCC1CC1C. The molecule has 0 heterocycles. The van der Waals surface area contributed by atoms with Crippen molar-refractivity contribution >= 4 is 0 Å². The van der Waals surface area contributed by atoms with Gasteiger partial charge < -0.3 is 5.32 Å². The Kier molecular flexibility index (Phi) is 4.07. The second-order valence-electron chi connectivity index (χ2n) is 4.53. The first-order valence-corrected chi connectivity index (χ1v) is 5.44. The number of hydrogen-bond acceptors (Lipinski definition) is 1. The summed E-state index contributed by atoms with van der Waals surface area (Å²) in [5.41, 5.74) is 0. The zero-order chi connectivity index (χ0) is 8.97. The molecule has 1 fully saturated rings. The lowest BCUT2D eigenvalue weighted by molar-refractivity contribution is 0.465. The molecule has 1 nitrogen and oxygen atoms in total. The van der Waals surface area contributed by atoms with E-state index < -0.39 is 0 Å². The molecule has 1 saturated carbocycles. The summed E-state index contributed by atoms with van der Waals surface area (Å²) < 4.78 is 0. The van der Waals surface area contributed by atoms with Gasteiger partial charge in [-0.05, 0) is 43.7 Å². The molecular formula is C11H23N.